The third kappa shape index (κ3) is 7.69. The van der Waals surface area contributed by atoms with Crippen LogP contribution >= 0.6 is 12.4 Å². The number of hydrogen-bond acceptors (Lipinski definition) is 6. The predicted octanol–water partition coefficient (Wildman–Crippen LogP) is 3.93. The molecule has 0 aliphatic heterocycles. The molecule has 1 saturated carbocycles. The van der Waals surface area contributed by atoms with E-state index in [1.165, 1.54) is 18.4 Å². The van der Waals surface area contributed by atoms with Gasteiger partial charge in [-0.15, -0.1) is 12.4 Å². The van der Waals surface area contributed by atoms with E-state index in [1.807, 2.05) is 31.2 Å². The minimum atomic E-state index is -3.54. The fourth-order valence-corrected chi connectivity index (χ4v) is 6.88. The topological polar surface area (TPSA) is 170 Å². The van der Waals surface area contributed by atoms with E-state index in [9.17, 15) is 22.8 Å². The Kier molecular flexibility index (Phi) is 11.1. The van der Waals surface area contributed by atoms with Crippen LogP contribution in [0.15, 0.2) is 70.4 Å². The molecule has 1 aliphatic carbocycles. The first-order chi connectivity index (χ1) is 21.5. The number of amides is 2. The maximum Gasteiger partial charge on any atom is 0.271 e. The highest BCUT2D eigenvalue weighted by Crippen LogP contribution is 2.29. The molecule has 1 aliphatic rings. The molecule has 2 amide bonds. The molecule has 1 heterocycles. The van der Waals surface area contributed by atoms with Crippen molar-refractivity contribution in [3.05, 3.63) is 82.1 Å². The highest BCUT2D eigenvalue weighted by molar-refractivity contribution is 7.89. The molecule has 0 saturated heterocycles. The van der Waals surface area contributed by atoms with Crippen LogP contribution < -0.4 is 21.9 Å². The second-order valence-electron chi connectivity index (χ2n) is 12.0. The highest BCUT2D eigenvalue weighted by Gasteiger charge is 2.29. The SMILES string of the molecule is Cc1cc(S(=O)(=O)N(C)C)ccc1-c1ccc(C[C@H](NC(=O)C2CCC(CN)CC2)C(=O)Nc2ccc3c(=O)[nH][nH]c3c2)cc1.Cl. The van der Waals surface area contributed by atoms with Crippen molar-refractivity contribution in [3.63, 3.8) is 0 Å². The first-order valence-corrected chi connectivity index (χ1v) is 16.5. The van der Waals surface area contributed by atoms with Crippen molar-refractivity contribution in [2.75, 3.05) is 26.0 Å². The van der Waals surface area contributed by atoms with Gasteiger partial charge in [0.15, 0.2) is 0 Å². The maximum absolute atomic E-state index is 13.6. The number of fused-ring (bicyclic) bond motifs is 1. The lowest BCUT2D eigenvalue weighted by Crippen LogP contribution is -2.48. The number of sulfonamides is 1. The molecule has 0 bridgehead atoms. The first-order valence-electron chi connectivity index (χ1n) is 15.1. The number of nitrogens with zero attached hydrogens (tertiary/aromatic N) is 1. The third-order valence-electron chi connectivity index (χ3n) is 8.71. The number of halogens is 1. The molecular formula is C33H41ClN6O5S. The monoisotopic (exact) mass is 668 g/mol. The molecule has 3 aromatic carbocycles. The smallest absolute Gasteiger partial charge is 0.271 e. The van der Waals surface area contributed by atoms with Gasteiger partial charge in [0.1, 0.15) is 6.04 Å². The Morgan fingerprint density at radius 2 is 1.67 bits per heavy atom. The highest BCUT2D eigenvalue weighted by atomic mass is 35.5. The van der Waals surface area contributed by atoms with E-state index in [1.54, 1.807) is 36.4 Å². The molecule has 1 fully saturated rings. The molecule has 1 atom stereocenters. The van der Waals surface area contributed by atoms with Gasteiger partial charge in [0, 0.05) is 32.1 Å². The summed E-state index contributed by atoms with van der Waals surface area (Å²) in [5, 5.41) is 11.7. The minimum absolute atomic E-state index is 0. The summed E-state index contributed by atoms with van der Waals surface area (Å²) in [5.74, 6) is -0.252. The van der Waals surface area contributed by atoms with Crippen LogP contribution in [-0.2, 0) is 26.0 Å². The fourth-order valence-electron chi connectivity index (χ4n) is 5.89. The number of H-pyrrole nitrogens is 2. The average molecular weight is 669 g/mol. The number of nitrogens with two attached hydrogens (primary N) is 1. The van der Waals surface area contributed by atoms with Crippen LogP contribution in [-0.4, -0.2) is 61.4 Å². The van der Waals surface area contributed by atoms with Crippen LogP contribution in [0.4, 0.5) is 5.69 Å². The zero-order valence-corrected chi connectivity index (χ0v) is 27.8. The van der Waals surface area contributed by atoms with E-state index in [2.05, 4.69) is 20.8 Å². The van der Waals surface area contributed by atoms with Gasteiger partial charge in [-0.25, -0.2) is 12.7 Å². The van der Waals surface area contributed by atoms with E-state index in [0.717, 1.165) is 47.9 Å². The molecule has 46 heavy (non-hydrogen) atoms. The van der Waals surface area contributed by atoms with E-state index < -0.39 is 16.1 Å². The number of aromatic amines is 2. The second-order valence-corrected chi connectivity index (χ2v) is 14.2. The lowest BCUT2D eigenvalue weighted by Gasteiger charge is -2.28. The van der Waals surface area contributed by atoms with Crippen LogP contribution in [0.1, 0.15) is 36.8 Å². The molecule has 0 unspecified atom stereocenters. The molecule has 246 valence electrons. The van der Waals surface area contributed by atoms with Crippen molar-refractivity contribution in [2.45, 2.75) is 50.0 Å². The standard InChI is InChI=1S/C33H40N6O5S.ClH/c1-20-16-26(45(43,44)39(2)3)13-15-27(20)23-8-4-21(5-9-23)17-30(36-31(40)24-10-6-22(19-34)7-11-24)33(42)35-25-12-14-28-29(18-25)37-38-32(28)41;/h4-5,8-9,12-16,18,22,24,30H,6-7,10-11,17,19,34H2,1-3H3,(H,35,42)(H,36,40)(H2,37,38,41);1H/t22?,24?,30-;/m0./s1. The van der Waals surface area contributed by atoms with Gasteiger partial charge in [0.2, 0.25) is 21.8 Å². The lowest BCUT2D eigenvalue weighted by atomic mass is 9.81. The number of carbonyl (C=O) groups is 2. The zero-order valence-electron chi connectivity index (χ0n) is 26.1. The third-order valence-corrected chi connectivity index (χ3v) is 10.5. The van der Waals surface area contributed by atoms with Gasteiger partial charge in [-0.2, -0.15) is 0 Å². The van der Waals surface area contributed by atoms with Crippen LogP contribution in [0.3, 0.4) is 0 Å². The van der Waals surface area contributed by atoms with E-state index in [-0.39, 0.29) is 47.0 Å². The summed E-state index contributed by atoms with van der Waals surface area (Å²) >= 11 is 0. The first kappa shape index (κ1) is 34.9. The Morgan fingerprint density at radius 3 is 2.30 bits per heavy atom. The van der Waals surface area contributed by atoms with Crippen molar-refractivity contribution in [2.24, 2.45) is 17.6 Å². The van der Waals surface area contributed by atoms with Gasteiger partial charge in [0.25, 0.3) is 5.56 Å². The van der Waals surface area contributed by atoms with Gasteiger partial charge in [-0.3, -0.25) is 24.6 Å². The number of anilines is 1. The van der Waals surface area contributed by atoms with Crippen LogP contribution in [0.25, 0.3) is 22.0 Å². The van der Waals surface area contributed by atoms with Crippen molar-refractivity contribution < 1.29 is 18.0 Å². The molecular weight excluding hydrogens is 628 g/mol. The average Bonchev–Trinajstić information content (AvgIpc) is 3.40. The minimum Gasteiger partial charge on any atom is -0.344 e. The Morgan fingerprint density at radius 1 is 0.978 bits per heavy atom. The maximum atomic E-state index is 13.6. The number of aryl methyl sites for hydroxylation is 1. The zero-order chi connectivity index (χ0) is 32.3. The van der Waals surface area contributed by atoms with E-state index in [0.29, 0.717) is 29.1 Å². The van der Waals surface area contributed by atoms with Gasteiger partial charge in [-0.05, 0) is 97.7 Å². The molecule has 1 aromatic heterocycles. The quantitative estimate of drug-likeness (QED) is 0.171. The summed E-state index contributed by atoms with van der Waals surface area (Å²) in [6.45, 7) is 2.49. The van der Waals surface area contributed by atoms with E-state index in [4.69, 9.17) is 5.73 Å². The predicted molar refractivity (Wildman–Crippen MR) is 182 cm³/mol. The van der Waals surface area contributed by atoms with Gasteiger partial charge in [0.05, 0.1) is 15.8 Å². The molecule has 11 nitrogen and oxygen atoms in total. The molecule has 13 heteroatoms. The van der Waals surface area contributed by atoms with Crippen molar-refractivity contribution in [1.29, 1.82) is 0 Å². The lowest BCUT2D eigenvalue weighted by molar-refractivity contribution is -0.130. The number of nitrogens with one attached hydrogen (secondary N) is 4. The number of aromatic nitrogens is 2. The molecule has 6 N–H and O–H groups in total. The number of carbonyl (C=O) groups excluding carboxylic acids is 2. The Balaban J connectivity index is 0.00000480. The molecule has 5 rings (SSSR count). The summed E-state index contributed by atoms with van der Waals surface area (Å²) < 4.78 is 26.3. The van der Waals surface area contributed by atoms with Crippen molar-refractivity contribution >= 4 is 50.8 Å². The van der Waals surface area contributed by atoms with Gasteiger partial charge < -0.3 is 16.4 Å². The Hall–Kier alpha value is -3.97. The molecule has 0 spiro atoms. The Labute approximate surface area is 274 Å². The Bertz CT molecular complexity index is 1860. The summed E-state index contributed by atoms with van der Waals surface area (Å²) in [4.78, 5) is 39.0. The fraction of sp³-hybridized carbons (Fsp3) is 0.364. The molecule has 0 radical (unpaired) electrons. The summed E-state index contributed by atoms with van der Waals surface area (Å²) in [7, 11) is -0.539. The largest absolute Gasteiger partial charge is 0.344 e. The van der Waals surface area contributed by atoms with Crippen molar-refractivity contribution in [1.82, 2.24) is 19.8 Å². The van der Waals surface area contributed by atoms with Crippen LogP contribution in [0.5, 0.6) is 0 Å². The number of rotatable bonds is 10. The second kappa shape index (κ2) is 14.6. The van der Waals surface area contributed by atoms with Crippen LogP contribution in [0.2, 0.25) is 0 Å². The van der Waals surface area contributed by atoms with Crippen LogP contribution in [0, 0.1) is 18.8 Å². The van der Waals surface area contributed by atoms with E-state index >= 15 is 0 Å². The van der Waals surface area contributed by atoms with Gasteiger partial charge >= 0.3 is 0 Å². The van der Waals surface area contributed by atoms with Gasteiger partial charge in [-0.1, -0.05) is 30.3 Å². The summed E-state index contributed by atoms with van der Waals surface area (Å²) in [6, 6.07) is 16.9. The molecule has 4 aromatic rings. The number of hydrogen-bond donors (Lipinski definition) is 5. The van der Waals surface area contributed by atoms with Crippen molar-refractivity contribution in [3.8, 4) is 11.1 Å². The normalized spacial score (nSPS) is 17.3. The summed E-state index contributed by atoms with van der Waals surface area (Å²) in [6.07, 6.45) is 3.52. The number of benzene rings is 3. The summed E-state index contributed by atoms with van der Waals surface area (Å²) in [5.41, 5.74) is 10.1.